The molecule has 0 aromatic heterocycles. The number of carbonyl (C=O) groups excluding carboxylic acids is 2. The van der Waals surface area contributed by atoms with Gasteiger partial charge in [-0.15, -0.1) is 0 Å². The quantitative estimate of drug-likeness (QED) is 0.450. The smallest absolute Gasteiger partial charge is 0.253 e. The van der Waals surface area contributed by atoms with Gasteiger partial charge in [-0.1, -0.05) is 52.0 Å². The highest BCUT2D eigenvalue weighted by atomic mass is 19.3. The van der Waals surface area contributed by atoms with Crippen LogP contribution in [0.3, 0.4) is 0 Å². The molecule has 2 heterocycles. The Morgan fingerprint density at radius 3 is 1.53 bits per heavy atom. The topological polar surface area (TPSA) is 40.6 Å². The van der Waals surface area contributed by atoms with Crippen LogP contribution >= 0.6 is 0 Å². The number of amides is 2. The largest absolute Gasteiger partial charge is 0.339 e. The van der Waals surface area contributed by atoms with Crippen LogP contribution < -0.4 is 0 Å². The lowest BCUT2D eigenvalue weighted by atomic mass is 9.99. The van der Waals surface area contributed by atoms with Crippen molar-refractivity contribution in [3.05, 3.63) is 70.8 Å². The molecule has 2 aromatic carbocycles. The third kappa shape index (κ3) is 7.62. The normalized spacial score (nSPS) is 17.6. The van der Waals surface area contributed by atoms with E-state index in [0.29, 0.717) is 17.4 Å². The van der Waals surface area contributed by atoms with E-state index in [2.05, 4.69) is 33.8 Å². The van der Waals surface area contributed by atoms with Gasteiger partial charge < -0.3 is 9.80 Å². The van der Waals surface area contributed by atoms with Crippen molar-refractivity contribution in [1.29, 1.82) is 0 Å². The molecule has 2 aliphatic heterocycles. The van der Waals surface area contributed by atoms with Gasteiger partial charge in [-0.25, -0.2) is 8.78 Å². The Kier molecular flexibility index (Phi) is 9.63. The standard InChI is InChI=1S/C15H19F2NO.C15H21NO/c1-11(2)12-4-3-5-13(10-12)14(19)18-8-6-15(16,17)7-9-18;1-12(2)13-7-6-8-14(11-13)15(17)16-9-4-3-5-10-16/h3-5,10-11H,6-9H2,1-2H3;6-8,11-12H,3-5,9-10H2,1-2H3. The molecule has 0 N–H and O–H groups in total. The Balaban J connectivity index is 0.000000202. The lowest BCUT2D eigenvalue weighted by molar-refractivity contribution is -0.0494. The fraction of sp³-hybridized carbons (Fsp3) is 0.533. The van der Waals surface area contributed by atoms with Gasteiger partial charge in [-0.05, 0) is 66.5 Å². The first-order chi connectivity index (χ1) is 17.1. The van der Waals surface area contributed by atoms with E-state index in [1.165, 1.54) is 16.9 Å². The van der Waals surface area contributed by atoms with Gasteiger partial charge in [0.2, 0.25) is 0 Å². The number of hydrogen-bond acceptors (Lipinski definition) is 2. The fourth-order valence-electron chi connectivity index (χ4n) is 4.56. The van der Waals surface area contributed by atoms with Crippen LogP contribution in [0.15, 0.2) is 48.5 Å². The predicted octanol–water partition coefficient (Wildman–Crippen LogP) is 7.12. The summed E-state index contributed by atoms with van der Waals surface area (Å²) in [6.07, 6.45) is 3.09. The molecular weight excluding hydrogens is 458 g/mol. The Labute approximate surface area is 214 Å². The molecule has 2 aliphatic rings. The zero-order valence-electron chi connectivity index (χ0n) is 22.1. The number of halogens is 2. The van der Waals surface area contributed by atoms with Crippen molar-refractivity contribution < 1.29 is 18.4 Å². The van der Waals surface area contributed by atoms with Gasteiger partial charge in [0, 0.05) is 50.1 Å². The molecule has 0 aliphatic carbocycles. The van der Waals surface area contributed by atoms with Crippen LogP contribution in [0.1, 0.15) is 103 Å². The minimum atomic E-state index is -2.61. The third-order valence-electron chi connectivity index (χ3n) is 7.03. The SMILES string of the molecule is CC(C)c1cccc(C(=O)N2CCC(F)(F)CC2)c1.CC(C)c1cccc(C(=O)N2CCCCC2)c1. The van der Waals surface area contributed by atoms with Gasteiger partial charge in [-0.2, -0.15) is 0 Å². The molecule has 196 valence electrons. The first-order valence-corrected chi connectivity index (χ1v) is 13.2. The number of nitrogens with zero attached hydrogens (tertiary/aromatic N) is 2. The number of hydrogen-bond donors (Lipinski definition) is 0. The number of alkyl halides is 2. The van der Waals surface area contributed by atoms with E-state index >= 15 is 0 Å². The molecule has 4 rings (SSSR count). The van der Waals surface area contributed by atoms with Crippen LogP contribution in [0, 0.1) is 0 Å². The summed E-state index contributed by atoms with van der Waals surface area (Å²) >= 11 is 0. The highest BCUT2D eigenvalue weighted by molar-refractivity contribution is 5.95. The molecule has 36 heavy (non-hydrogen) atoms. The summed E-state index contributed by atoms with van der Waals surface area (Å²) in [5.41, 5.74) is 3.77. The van der Waals surface area contributed by atoms with Crippen LogP contribution in [-0.2, 0) is 0 Å². The highest BCUT2D eigenvalue weighted by Gasteiger charge is 2.35. The maximum atomic E-state index is 13.1. The monoisotopic (exact) mass is 498 g/mol. The van der Waals surface area contributed by atoms with Gasteiger partial charge in [0.05, 0.1) is 0 Å². The molecule has 6 heteroatoms. The van der Waals surface area contributed by atoms with Gasteiger partial charge in [0.25, 0.3) is 17.7 Å². The summed E-state index contributed by atoms with van der Waals surface area (Å²) in [6.45, 7) is 10.6. The summed E-state index contributed by atoms with van der Waals surface area (Å²) in [5.74, 6) is -1.73. The van der Waals surface area contributed by atoms with E-state index in [1.54, 1.807) is 6.07 Å². The fourth-order valence-corrected chi connectivity index (χ4v) is 4.56. The van der Waals surface area contributed by atoms with Crippen molar-refractivity contribution in [2.24, 2.45) is 0 Å². The molecule has 2 amide bonds. The first kappa shape index (κ1) is 27.8. The molecule has 2 saturated heterocycles. The molecule has 0 radical (unpaired) electrons. The van der Waals surface area contributed by atoms with Gasteiger partial charge in [0.1, 0.15) is 0 Å². The van der Waals surface area contributed by atoms with E-state index < -0.39 is 5.92 Å². The van der Waals surface area contributed by atoms with Crippen LogP contribution in [0.5, 0.6) is 0 Å². The summed E-state index contributed by atoms with van der Waals surface area (Å²) in [7, 11) is 0. The molecule has 4 nitrogen and oxygen atoms in total. The maximum absolute atomic E-state index is 13.1. The second-order valence-electron chi connectivity index (χ2n) is 10.6. The van der Waals surface area contributed by atoms with Crippen LogP contribution in [0.25, 0.3) is 0 Å². The molecule has 0 spiro atoms. The summed E-state index contributed by atoms with van der Waals surface area (Å²) in [6, 6.07) is 15.5. The Morgan fingerprint density at radius 1 is 0.694 bits per heavy atom. The first-order valence-electron chi connectivity index (χ1n) is 13.2. The van der Waals surface area contributed by atoms with Crippen LogP contribution in [0.2, 0.25) is 0 Å². The highest BCUT2D eigenvalue weighted by Crippen LogP contribution is 2.28. The van der Waals surface area contributed by atoms with E-state index in [1.807, 2.05) is 41.3 Å². The zero-order valence-corrected chi connectivity index (χ0v) is 22.1. The minimum absolute atomic E-state index is 0.137. The molecule has 0 unspecified atom stereocenters. The molecule has 0 bridgehead atoms. The zero-order chi connectivity index (χ0) is 26.3. The Morgan fingerprint density at radius 2 is 1.11 bits per heavy atom. The molecule has 0 saturated carbocycles. The van der Waals surface area contributed by atoms with E-state index in [4.69, 9.17) is 0 Å². The maximum Gasteiger partial charge on any atom is 0.253 e. The van der Waals surface area contributed by atoms with E-state index in [0.717, 1.165) is 37.1 Å². The second-order valence-corrected chi connectivity index (χ2v) is 10.6. The lowest BCUT2D eigenvalue weighted by Crippen LogP contribution is -2.42. The third-order valence-corrected chi connectivity index (χ3v) is 7.03. The van der Waals surface area contributed by atoms with Crippen molar-refractivity contribution >= 4 is 11.8 Å². The number of likely N-dealkylation sites (tertiary alicyclic amines) is 2. The Hall–Kier alpha value is -2.76. The van der Waals surface area contributed by atoms with Gasteiger partial charge in [0.15, 0.2) is 0 Å². The number of carbonyl (C=O) groups is 2. The van der Waals surface area contributed by atoms with Crippen molar-refractivity contribution in [2.45, 2.75) is 77.6 Å². The van der Waals surface area contributed by atoms with Gasteiger partial charge in [-0.3, -0.25) is 9.59 Å². The van der Waals surface area contributed by atoms with Crippen LogP contribution in [0.4, 0.5) is 8.78 Å². The Bertz CT molecular complexity index is 1020. The van der Waals surface area contributed by atoms with E-state index in [9.17, 15) is 18.4 Å². The minimum Gasteiger partial charge on any atom is -0.339 e. The molecule has 2 aromatic rings. The van der Waals surface area contributed by atoms with Crippen LogP contribution in [-0.4, -0.2) is 53.7 Å². The predicted molar refractivity (Wildman–Crippen MR) is 141 cm³/mol. The summed E-state index contributed by atoms with van der Waals surface area (Å²) < 4.78 is 26.2. The number of rotatable bonds is 4. The van der Waals surface area contributed by atoms with Crippen molar-refractivity contribution in [2.75, 3.05) is 26.2 Å². The second kappa shape index (κ2) is 12.5. The van der Waals surface area contributed by atoms with Crippen molar-refractivity contribution in [3.63, 3.8) is 0 Å². The summed E-state index contributed by atoms with van der Waals surface area (Å²) in [4.78, 5) is 28.1. The molecular formula is C30H40F2N2O2. The van der Waals surface area contributed by atoms with Crippen molar-refractivity contribution in [3.8, 4) is 0 Å². The molecule has 2 fully saturated rings. The molecule has 0 atom stereocenters. The van der Waals surface area contributed by atoms with Crippen molar-refractivity contribution in [1.82, 2.24) is 9.80 Å². The summed E-state index contributed by atoms with van der Waals surface area (Å²) in [5, 5.41) is 0. The lowest BCUT2D eigenvalue weighted by Gasteiger charge is -2.31. The number of benzene rings is 2. The average Bonchev–Trinajstić information content (AvgIpc) is 2.89. The average molecular weight is 499 g/mol. The van der Waals surface area contributed by atoms with Gasteiger partial charge >= 0.3 is 0 Å². The van der Waals surface area contributed by atoms with E-state index in [-0.39, 0.29) is 37.7 Å². The number of piperidine rings is 2.